The topological polar surface area (TPSA) is 85.4 Å². The van der Waals surface area contributed by atoms with Gasteiger partial charge in [0.1, 0.15) is 16.9 Å². The predicted molar refractivity (Wildman–Crippen MR) is 66.1 cm³/mol. The molecule has 0 spiro atoms. The van der Waals surface area contributed by atoms with Crippen LogP contribution in [0.3, 0.4) is 0 Å². The van der Waals surface area contributed by atoms with Gasteiger partial charge < -0.3 is 20.3 Å². The fraction of sp³-hybridized carbons (Fsp3) is 0.400. The highest BCUT2D eigenvalue weighted by atomic mass is 35.5. The van der Waals surface area contributed by atoms with Gasteiger partial charge in [0.15, 0.2) is 0 Å². The van der Waals surface area contributed by atoms with Crippen molar-refractivity contribution in [1.82, 2.24) is 15.2 Å². The lowest BCUT2D eigenvalue weighted by Crippen LogP contribution is -2.57. The Balaban J connectivity index is 2.23. The first kappa shape index (κ1) is 13.2. The molecule has 0 aliphatic carbocycles. The van der Waals surface area contributed by atoms with E-state index in [-0.39, 0.29) is 22.4 Å². The van der Waals surface area contributed by atoms with Crippen molar-refractivity contribution in [1.29, 1.82) is 0 Å². The Morgan fingerprint density at radius 3 is 2.72 bits per heavy atom. The Hall–Kier alpha value is -1.24. The summed E-state index contributed by atoms with van der Waals surface area (Å²) in [5.41, 5.74) is 0.193. The second-order valence-electron chi connectivity index (χ2n) is 3.90. The summed E-state index contributed by atoms with van der Waals surface area (Å²) in [6.07, 6.45) is 0. The average molecular weight is 292 g/mol. The summed E-state index contributed by atoms with van der Waals surface area (Å²) in [5, 5.41) is 12.4. The van der Waals surface area contributed by atoms with Crippen LogP contribution >= 0.6 is 23.2 Å². The van der Waals surface area contributed by atoms with Crippen molar-refractivity contribution in [3.05, 3.63) is 21.9 Å². The van der Waals surface area contributed by atoms with Crippen LogP contribution in [0.15, 0.2) is 6.07 Å². The molecule has 0 aromatic carbocycles. The number of carbonyl (C=O) groups excluding carboxylic acids is 1. The van der Waals surface area contributed by atoms with Gasteiger partial charge in [-0.15, -0.1) is 0 Å². The van der Waals surface area contributed by atoms with Crippen LogP contribution in [0.25, 0.3) is 0 Å². The van der Waals surface area contributed by atoms with Gasteiger partial charge >= 0.3 is 5.97 Å². The molecule has 0 radical (unpaired) electrons. The minimum Gasteiger partial charge on any atom is -0.480 e. The van der Waals surface area contributed by atoms with Crippen molar-refractivity contribution >= 4 is 35.1 Å². The maximum Gasteiger partial charge on any atom is 0.327 e. The van der Waals surface area contributed by atoms with Crippen molar-refractivity contribution in [2.75, 3.05) is 19.6 Å². The fourth-order valence-electron chi connectivity index (χ4n) is 1.84. The molecule has 6 nitrogen and oxygen atoms in total. The summed E-state index contributed by atoms with van der Waals surface area (Å²) in [7, 11) is 0. The van der Waals surface area contributed by atoms with Gasteiger partial charge in [-0.2, -0.15) is 0 Å². The van der Waals surface area contributed by atoms with Gasteiger partial charge in [0.25, 0.3) is 5.91 Å². The smallest absolute Gasteiger partial charge is 0.327 e. The fourth-order valence-corrected chi connectivity index (χ4v) is 2.15. The van der Waals surface area contributed by atoms with Crippen LogP contribution in [0.1, 0.15) is 10.5 Å². The summed E-state index contributed by atoms with van der Waals surface area (Å²) in [4.78, 5) is 27.2. The number of carbonyl (C=O) groups is 2. The summed E-state index contributed by atoms with van der Waals surface area (Å²) in [5.74, 6) is -1.46. The molecule has 1 saturated heterocycles. The van der Waals surface area contributed by atoms with Crippen LogP contribution < -0.4 is 5.32 Å². The van der Waals surface area contributed by atoms with Gasteiger partial charge in [-0.3, -0.25) is 4.79 Å². The van der Waals surface area contributed by atoms with E-state index in [4.69, 9.17) is 28.3 Å². The van der Waals surface area contributed by atoms with E-state index >= 15 is 0 Å². The summed E-state index contributed by atoms with van der Waals surface area (Å²) in [6, 6.07) is 0.514. The number of aromatic amines is 1. The number of aromatic nitrogens is 1. The lowest BCUT2D eigenvalue weighted by molar-refractivity contribution is -0.142. The van der Waals surface area contributed by atoms with Crippen LogP contribution in [0, 0.1) is 0 Å². The molecule has 18 heavy (non-hydrogen) atoms. The number of nitrogens with one attached hydrogen (secondary N) is 2. The molecule has 1 unspecified atom stereocenters. The van der Waals surface area contributed by atoms with E-state index in [1.807, 2.05) is 0 Å². The van der Waals surface area contributed by atoms with E-state index < -0.39 is 17.9 Å². The molecule has 3 N–H and O–H groups in total. The zero-order valence-corrected chi connectivity index (χ0v) is 10.8. The number of nitrogens with zero attached hydrogens (tertiary/aromatic N) is 1. The Bertz CT molecular complexity index is 469. The maximum absolute atomic E-state index is 12.2. The number of H-pyrrole nitrogens is 1. The normalized spacial score (nSPS) is 19.9. The standard InChI is InChI=1S/C10H11Cl2N3O3/c11-5-3-6(14-8(5)12)9(16)15-2-1-13-4-7(15)10(17)18/h3,7,13-14H,1-2,4H2,(H,17,18). The lowest BCUT2D eigenvalue weighted by Gasteiger charge is -2.33. The molecule has 0 saturated carbocycles. The van der Waals surface area contributed by atoms with Crippen LogP contribution in [-0.4, -0.2) is 52.5 Å². The van der Waals surface area contributed by atoms with Crippen LogP contribution in [0.5, 0.6) is 0 Å². The highest BCUT2D eigenvalue weighted by Crippen LogP contribution is 2.23. The molecule has 1 aliphatic heterocycles. The molecular formula is C10H11Cl2N3O3. The second-order valence-corrected chi connectivity index (χ2v) is 4.69. The number of hydrogen-bond donors (Lipinski definition) is 3. The molecule has 0 bridgehead atoms. The minimum atomic E-state index is -1.04. The molecule has 1 aromatic heterocycles. The summed E-state index contributed by atoms with van der Waals surface area (Å²) < 4.78 is 0. The largest absolute Gasteiger partial charge is 0.480 e. The first-order valence-electron chi connectivity index (χ1n) is 5.29. The van der Waals surface area contributed by atoms with Gasteiger partial charge in [-0.25, -0.2) is 4.79 Å². The highest BCUT2D eigenvalue weighted by molar-refractivity contribution is 6.41. The molecule has 1 atom stereocenters. The van der Waals surface area contributed by atoms with Crippen LogP contribution in [0.4, 0.5) is 0 Å². The third kappa shape index (κ3) is 2.45. The molecule has 1 aromatic rings. The van der Waals surface area contributed by atoms with E-state index in [1.54, 1.807) is 0 Å². The number of carboxylic acid groups (broad SMARTS) is 1. The molecule has 98 valence electrons. The van der Waals surface area contributed by atoms with E-state index in [1.165, 1.54) is 11.0 Å². The third-order valence-electron chi connectivity index (χ3n) is 2.74. The van der Waals surface area contributed by atoms with Crippen molar-refractivity contribution in [3.63, 3.8) is 0 Å². The number of carboxylic acids is 1. The van der Waals surface area contributed by atoms with Crippen molar-refractivity contribution in [2.24, 2.45) is 0 Å². The number of aliphatic carboxylic acids is 1. The first-order valence-corrected chi connectivity index (χ1v) is 6.05. The SMILES string of the molecule is O=C(O)C1CNCCN1C(=O)c1cc(Cl)c(Cl)[nH]1. The average Bonchev–Trinajstić information content (AvgIpc) is 2.68. The van der Waals surface area contributed by atoms with Gasteiger partial charge in [-0.1, -0.05) is 23.2 Å². The van der Waals surface area contributed by atoms with Crippen molar-refractivity contribution in [3.8, 4) is 0 Å². The van der Waals surface area contributed by atoms with E-state index in [0.29, 0.717) is 13.1 Å². The number of hydrogen-bond acceptors (Lipinski definition) is 3. The molecule has 1 amide bonds. The quantitative estimate of drug-likeness (QED) is 0.753. The van der Waals surface area contributed by atoms with E-state index in [9.17, 15) is 9.59 Å². The lowest BCUT2D eigenvalue weighted by atomic mass is 10.2. The van der Waals surface area contributed by atoms with E-state index in [0.717, 1.165) is 0 Å². The zero-order valence-electron chi connectivity index (χ0n) is 9.24. The van der Waals surface area contributed by atoms with Gasteiger partial charge in [-0.05, 0) is 6.07 Å². The maximum atomic E-state index is 12.2. The molecular weight excluding hydrogens is 281 g/mol. The number of rotatable bonds is 2. The van der Waals surface area contributed by atoms with Gasteiger partial charge in [0.2, 0.25) is 0 Å². The Kier molecular flexibility index (Phi) is 3.79. The molecule has 8 heteroatoms. The van der Waals surface area contributed by atoms with Crippen LogP contribution in [-0.2, 0) is 4.79 Å². The van der Waals surface area contributed by atoms with Crippen molar-refractivity contribution < 1.29 is 14.7 Å². The Labute approximate surface area is 113 Å². The zero-order chi connectivity index (χ0) is 13.3. The third-order valence-corrected chi connectivity index (χ3v) is 3.44. The highest BCUT2D eigenvalue weighted by Gasteiger charge is 2.33. The Morgan fingerprint density at radius 2 is 2.17 bits per heavy atom. The number of amides is 1. The predicted octanol–water partition coefficient (Wildman–Crippen LogP) is 0.820. The molecule has 1 fully saturated rings. The Morgan fingerprint density at radius 1 is 1.44 bits per heavy atom. The van der Waals surface area contributed by atoms with Crippen molar-refractivity contribution in [2.45, 2.75) is 6.04 Å². The molecule has 2 rings (SSSR count). The minimum absolute atomic E-state index is 0.169. The number of halogens is 2. The van der Waals surface area contributed by atoms with Crippen LogP contribution in [0.2, 0.25) is 10.2 Å². The summed E-state index contributed by atoms with van der Waals surface area (Å²) >= 11 is 11.5. The second kappa shape index (κ2) is 5.17. The first-order chi connectivity index (χ1) is 8.50. The number of piperazine rings is 1. The monoisotopic (exact) mass is 291 g/mol. The molecule has 2 heterocycles. The summed E-state index contributed by atoms with van der Waals surface area (Å²) in [6.45, 7) is 1.10. The van der Waals surface area contributed by atoms with Gasteiger partial charge in [0.05, 0.1) is 5.02 Å². The molecule has 1 aliphatic rings. The van der Waals surface area contributed by atoms with Gasteiger partial charge in [0, 0.05) is 19.6 Å². The van der Waals surface area contributed by atoms with E-state index in [2.05, 4.69) is 10.3 Å².